The van der Waals surface area contributed by atoms with Crippen LogP contribution >= 0.6 is 15.9 Å². The maximum Gasteiger partial charge on any atom is 0.0213 e. The van der Waals surface area contributed by atoms with Gasteiger partial charge in [-0.2, -0.15) is 0 Å². The van der Waals surface area contributed by atoms with E-state index in [1.165, 1.54) is 22.9 Å². The van der Waals surface area contributed by atoms with E-state index in [-0.39, 0.29) is 5.41 Å². The van der Waals surface area contributed by atoms with Crippen molar-refractivity contribution in [3.63, 3.8) is 0 Å². The second-order valence-corrected chi connectivity index (χ2v) is 6.62. The van der Waals surface area contributed by atoms with Gasteiger partial charge < -0.3 is 10.6 Å². The van der Waals surface area contributed by atoms with Crippen LogP contribution in [-0.4, -0.2) is 25.7 Å². The van der Waals surface area contributed by atoms with Crippen LogP contribution in [0, 0.1) is 0 Å². The van der Waals surface area contributed by atoms with Crippen molar-refractivity contribution in [1.82, 2.24) is 10.6 Å². The number of nitrogens with one attached hydrogen (secondary N) is 2. The molecule has 1 saturated heterocycles. The van der Waals surface area contributed by atoms with Gasteiger partial charge in [0.1, 0.15) is 0 Å². The molecule has 0 aromatic heterocycles. The summed E-state index contributed by atoms with van der Waals surface area (Å²) in [6.07, 6.45) is 2.48. The fourth-order valence-electron chi connectivity index (χ4n) is 2.53. The summed E-state index contributed by atoms with van der Waals surface area (Å²) in [7, 11) is 0. The zero-order valence-corrected chi connectivity index (χ0v) is 12.9. The molecule has 2 nitrogen and oxygen atoms in total. The number of piperidine rings is 1. The van der Waals surface area contributed by atoms with E-state index in [4.69, 9.17) is 0 Å². The van der Waals surface area contributed by atoms with E-state index in [1.807, 2.05) is 0 Å². The number of hydrogen-bond acceptors (Lipinski definition) is 2. The van der Waals surface area contributed by atoms with Crippen molar-refractivity contribution in [2.75, 3.05) is 19.6 Å². The van der Waals surface area contributed by atoms with E-state index < -0.39 is 0 Å². The summed E-state index contributed by atoms with van der Waals surface area (Å²) in [6.45, 7) is 7.93. The van der Waals surface area contributed by atoms with Gasteiger partial charge in [-0.05, 0) is 37.6 Å². The summed E-state index contributed by atoms with van der Waals surface area (Å²) in [5.74, 6) is 0. The zero-order chi connectivity index (χ0) is 13.0. The van der Waals surface area contributed by atoms with Crippen LogP contribution in [0.4, 0.5) is 0 Å². The Morgan fingerprint density at radius 2 is 1.94 bits per heavy atom. The van der Waals surface area contributed by atoms with Crippen LogP contribution in [0.5, 0.6) is 0 Å². The molecule has 1 heterocycles. The van der Waals surface area contributed by atoms with Crippen molar-refractivity contribution in [1.29, 1.82) is 0 Å². The Morgan fingerprint density at radius 3 is 2.61 bits per heavy atom. The summed E-state index contributed by atoms with van der Waals surface area (Å²) < 4.78 is 1.21. The predicted octanol–water partition coefficient (Wildman–Crippen LogP) is 3.07. The first-order chi connectivity index (χ1) is 8.59. The Kier molecular flexibility index (Phi) is 4.82. The highest BCUT2D eigenvalue weighted by Gasteiger charge is 2.24. The van der Waals surface area contributed by atoms with E-state index in [1.54, 1.807) is 0 Å². The largest absolute Gasteiger partial charge is 0.317 e. The molecular weight excluding hydrogens is 288 g/mol. The monoisotopic (exact) mass is 310 g/mol. The third kappa shape index (κ3) is 3.56. The number of benzene rings is 1. The molecule has 1 aromatic rings. The van der Waals surface area contributed by atoms with Gasteiger partial charge >= 0.3 is 0 Å². The molecule has 3 heteroatoms. The molecule has 2 N–H and O–H groups in total. The van der Waals surface area contributed by atoms with Crippen LogP contribution in [0.1, 0.15) is 32.3 Å². The number of hydrogen-bond donors (Lipinski definition) is 2. The molecule has 1 aromatic carbocycles. The van der Waals surface area contributed by atoms with E-state index in [0.717, 1.165) is 19.6 Å². The Hall–Kier alpha value is -0.380. The first-order valence-corrected chi connectivity index (χ1v) is 7.58. The number of halogens is 1. The van der Waals surface area contributed by atoms with Crippen molar-refractivity contribution in [3.05, 3.63) is 34.3 Å². The summed E-state index contributed by atoms with van der Waals surface area (Å²) in [5.41, 5.74) is 1.54. The van der Waals surface area contributed by atoms with E-state index in [9.17, 15) is 0 Å². The fraction of sp³-hybridized carbons (Fsp3) is 0.600. The molecule has 0 radical (unpaired) electrons. The van der Waals surface area contributed by atoms with E-state index >= 15 is 0 Å². The molecule has 0 amide bonds. The molecule has 0 spiro atoms. The average Bonchev–Trinajstić information content (AvgIpc) is 2.38. The van der Waals surface area contributed by atoms with Gasteiger partial charge in [0.2, 0.25) is 0 Å². The Morgan fingerprint density at radius 1 is 1.28 bits per heavy atom. The van der Waals surface area contributed by atoms with Crippen molar-refractivity contribution in [3.8, 4) is 0 Å². The van der Waals surface area contributed by atoms with Crippen molar-refractivity contribution in [2.24, 2.45) is 0 Å². The maximum atomic E-state index is 3.73. The summed E-state index contributed by atoms with van der Waals surface area (Å²) >= 11 is 3.66. The summed E-state index contributed by atoms with van der Waals surface area (Å²) in [6, 6.07) is 9.21. The topological polar surface area (TPSA) is 24.1 Å². The highest BCUT2D eigenvalue weighted by molar-refractivity contribution is 9.10. The highest BCUT2D eigenvalue weighted by Crippen LogP contribution is 2.29. The quantitative estimate of drug-likeness (QED) is 0.893. The maximum absolute atomic E-state index is 3.73. The standard InChI is InChI=1S/C15H23BrN2/c1-15(2,13-5-3-4-6-14(13)16)11-18-12-7-9-17-10-8-12/h3-6,12,17-18H,7-11H2,1-2H3. The minimum Gasteiger partial charge on any atom is -0.317 e. The normalized spacial score (nSPS) is 17.9. The third-order valence-corrected chi connectivity index (χ3v) is 4.47. The highest BCUT2D eigenvalue weighted by atomic mass is 79.9. The van der Waals surface area contributed by atoms with Gasteiger partial charge in [0.15, 0.2) is 0 Å². The zero-order valence-electron chi connectivity index (χ0n) is 11.3. The van der Waals surface area contributed by atoms with Gasteiger partial charge in [-0.15, -0.1) is 0 Å². The van der Waals surface area contributed by atoms with Crippen LogP contribution < -0.4 is 10.6 Å². The van der Waals surface area contributed by atoms with Gasteiger partial charge in [-0.25, -0.2) is 0 Å². The lowest BCUT2D eigenvalue weighted by Crippen LogP contribution is -2.44. The lowest BCUT2D eigenvalue weighted by Gasteiger charge is -2.31. The summed E-state index contributed by atoms with van der Waals surface area (Å²) in [4.78, 5) is 0. The molecule has 1 fully saturated rings. The third-order valence-electron chi connectivity index (χ3n) is 3.77. The van der Waals surface area contributed by atoms with Crippen molar-refractivity contribution in [2.45, 2.75) is 38.1 Å². The van der Waals surface area contributed by atoms with E-state index in [0.29, 0.717) is 6.04 Å². The molecule has 0 saturated carbocycles. The van der Waals surface area contributed by atoms with Crippen LogP contribution in [0.25, 0.3) is 0 Å². The molecular formula is C15H23BrN2. The fourth-order valence-corrected chi connectivity index (χ4v) is 3.35. The molecule has 100 valence electrons. The molecule has 0 bridgehead atoms. The SMILES string of the molecule is CC(C)(CNC1CCNCC1)c1ccccc1Br. The van der Waals surface area contributed by atoms with Crippen molar-refractivity contribution < 1.29 is 0 Å². The summed E-state index contributed by atoms with van der Waals surface area (Å²) in [5, 5.41) is 7.13. The molecule has 1 aliphatic heterocycles. The van der Waals surface area contributed by atoms with Crippen LogP contribution in [0.3, 0.4) is 0 Å². The molecule has 0 atom stereocenters. The first kappa shape index (κ1) is 14.0. The van der Waals surface area contributed by atoms with Crippen LogP contribution in [0.2, 0.25) is 0 Å². The lowest BCUT2D eigenvalue weighted by atomic mass is 9.84. The lowest BCUT2D eigenvalue weighted by molar-refractivity contribution is 0.351. The Balaban J connectivity index is 1.96. The second-order valence-electron chi connectivity index (χ2n) is 5.77. The molecule has 0 aliphatic carbocycles. The minimum absolute atomic E-state index is 0.158. The Bertz CT molecular complexity index is 384. The second kappa shape index (κ2) is 6.18. The van der Waals surface area contributed by atoms with Gasteiger partial charge in [0.05, 0.1) is 0 Å². The molecule has 18 heavy (non-hydrogen) atoms. The van der Waals surface area contributed by atoms with Crippen LogP contribution in [0.15, 0.2) is 28.7 Å². The minimum atomic E-state index is 0.158. The van der Waals surface area contributed by atoms with Gasteiger partial charge in [0.25, 0.3) is 0 Å². The predicted molar refractivity (Wildman–Crippen MR) is 81.1 cm³/mol. The van der Waals surface area contributed by atoms with Crippen LogP contribution in [-0.2, 0) is 5.41 Å². The molecule has 2 rings (SSSR count). The Labute approximate surface area is 119 Å². The molecule has 0 unspecified atom stereocenters. The molecule has 1 aliphatic rings. The average molecular weight is 311 g/mol. The van der Waals surface area contributed by atoms with Gasteiger partial charge in [0, 0.05) is 22.5 Å². The van der Waals surface area contributed by atoms with Gasteiger partial charge in [-0.1, -0.05) is 48.0 Å². The smallest absolute Gasteiger partial charge is 0.0213 e. The van der Waals surface area contributed by atoms with Crippen molar-refractivity contribution >= 4 is 15.9 Å². The van der Waals surface area contributed by atoms with Gasteiger partial charge in [-0.3, -0.25) is 0 Å². The number of rotatable bonds is 4. The first-order valence-electron chi connectivity index (χ1n) is 6.79. The van der Waals surface area contributed by atoms with E-state index in [2.05, 4.69) is 64.7 Å².